The van der Waals surface area contributed by atoms with E-state index in [9.17, 15) is 9.59 Å². The maximum absolute atomic E-state index is 13.3. The molecule has 0 spiro atoms. The summed E-state index contributed by atoms with van der Waals surface area (Å²) in [7, 11) is 0. The van der Waals surface area contributed by atoms with E-state index in [1.807, 2.05) is 77.1 Å². The van der Waals surface area contributed by atoms with Crippen molar-refractivity contribution in [2.75, 3.05) is 25.0 Å². The number of likely N-dealkylation sites (N-methyl/N-ethyl adjacent to an activating group) is 1. The van der Waals surface area contributed by atoms with Crippen LogP contribution in [0.4, 0.5) is 5.69 Å². The number of carbonyl (C=O) groups is 2. The predicted octanol–water partition coefficient (Wildman–Crippen LogP) is 5.27. The van der Waals surface area contributed by atoms with Crippen LogP contribution in [0.15, 0.2) is 42.5 Å². The van der Waals surface area contributed by atoms with Gasteiger partial charge in [0.1, 0.15) is 6.61 Å². The Kier molecular flexibility index (Phi) is 9.08. The van der Waals surface area contributed by atoms with Crippen LogP contribution in [0, 0.1) is 13.8 Å². The fourth-order valence-corrected chi connectivity index (χ4v) is 4.50. The summed E-state index contributed by atoms with van der Waals surface area (Å²) in [6.45, 7) is 11.6. The van der Waals surface area contributed by atoms with Gasteiger partial charge in [-0.1, -0.05) is 48.9 Å². The Morgan fingerprint density at radius 2 is 1.61 bits per heavy atom. The Bertz CT molecular complexity index is 872. The number of aryl methyl sites for hydroxylation is 2. The number of esters is 1. The van der Waals surface area contributed by atoms with Crippen LogP contribution in [0.25, 0.3) is 0 Å². The minimum Gasteiger partial charge on any atom is -0.457 e. The Labute approximate surface area is 190 Å². The predicted molar refractivity (Wildman–Crippen MR) is 126 cm³/mol. The van der Waals surface area contributed by atoms with Crippen molar-refractivity contribution in [3.8, 4) is 0 Å². The second kappa shape index (κ2) is 11.3. The second-order valence-electron chi connectivity index (χ2n) is 7.98. The third-order valence-corrected chi connectivity index (χ3v) is 6.26. The SMILES string of the molecule is CCC(C(=O)Nc1c(C)cc(Cl)cc1C)[N+](CC)(CC)CC(=O)OCc1ccccc1. The minimum absolute atomic E-state index is 0.0874. The highest BCUT2D eigenvalue weighted by Gasteiger charge is 2.40. The lowest BCUT2D eigenvalue weighted by molar-refractivity contribution is -0.932. The largest absolute Gasteiger partial charge is 0.457 e. The molecule has 5 nitrogen and oxygen atoms in total. The number of benzene rings is 2. The molecule has 31 heavy (non-hydrogen) atoms. The molecule has 0 bridgehead atoms. The molecular weight excluding hydrogens is 412 g/mol. The molecule has 0 heterocycles. The second-order valence-corrected chi connectivity index (χ2v) is 8.42. The van der Waals surface area contributed by atoms with Gasteiger partial charge in [0.25, 0.3) is 5.91 Å². The molecule has 2 rings (SSSR count). The van der Waals surface area contributed by atoms with Crippen molar-refractivity contribution in [2.24, 2.45) is 0 Å². The number of quaternary nitrogens is 1. The lowest BCUT2D eigenvalue weighted by atomic mass is 10.1. The molecule has 1 amide bonds. The standard InChI is InChI=1S/C25H33ClN2O3/c1-6-22(25(30)27-24-18(4)14-21(26)15-19(24)5)28(7-2,8-3)16-23(29)31-17-20-12-10-9-11-13-20/h9-15,22H,6-8,16-17H2,1-5H3/p+1. The van der Waals surface area contributed by atoms with Gasteiger partial charge >= 0.3 is 5.97 Å². The third kappa shape index (κ3) is 6.31. The molecule has 0 aromatic heterocycles. The van der Waals surface area contributed by atoms with Crippen molar-refractivity contribution in [1.82, 2.24) is 0 Å². The molecule has 168 valence electrons. The van der Waals surface area contributed by atoms with Crippen molar-refractivity contribution in [1.29, 1.82) is 0 Å². The number of hydrogen-bond donors (Lipinski definition) is 1. The smallest absolute Gasteiger partial charge is 0.362 e. The number of nitrogens with zero attached hydrogens (tertiary/aromatic N) is 1. The number of nitrogens with one attached hydrogen (secondary N) is 1. The van der Waals surface area contributed by atoms with Crippen LogP contribution >= 0.6 is 11.6 Å². The first-order valence-electron chi connectivity index (χ1n) is 10.9. The summed E-state index contributed by atoms with van der Waals surface area (Å²) in [6, 6.07) is 12.9. The van der Waals surface area contributed by atoms with E-state index in [1.165, 1.54) is 0 Å². The van der Waals surface area contributed by atoms with Crippen LogP contribution in [0.2, 0.25) is 5.02 Å². The highest BCUT2D eigenvalue weighted by molar-refractivity contribution is 6.30. The molecule has 0 saturated carbocycles. The van der Waals surface area contributed by atoms with E-state index in [-0.39, 0.29) is 31.1 Å². The summed E-state index contributed by atoms with van der Waals surface area (Å²) < 4.78 is 5.88. The van der Waals surface area contributed by atoms with Gasteiger partial charge in [-0.15, -0.1) is 0 Å². The molecule has 0 aliphatic carbocycles. The lowest BCUT2D eigenvalue weighted by Crippen LogP contribution is -2.61. The number of anilines is 1. The van der Waals surface area contributed by atoms with E-state index in [0.717, 1.165) is 22.4 Å². The summed E-state index contributed by atoms with van der Waals surface area (Å²) in [5.74, 6) is -0.381. The van der Waals surface area contributed by atoms with Crippen molar-refractivity contribution in [3.63, 3.8) is 0 Å². The van der Waals surface area contributed by atoms with Gasteiger partial charge in [-0.3, -0.25) is 4.79 Å². The van der Waals surface area contributed by atoms with Crippen molar-refractivity contribution in [3.05, 3.63) is 64.2 Å². The van der Waals surface area contributed by atoms with Gasteiger partial charge in [0.2, 0.25) is 0 Å². The summed E-state index contributed by atoms with van der Waals surface area (Å²) in [6.07, 6.45) is 0.616. The van der Waals surface area contributed by atoms with E-state index < -0.39 is 0 Å². The highest BCUT2D eigenvalue weighted by Crippen LogP contribution is 2.26. The van der Waals surface area contributed by atoms with Gasteiger partial charge < -0.3 is 14.5 Å². The fraction of sp³-hybridized carbons (Fsp3) is 0.440. The van der Waals surface area contributed by atoms with Crippen molar-refractivity contribution < 1.29 is 18.8 Å². The molecule has 0 fully saturated rings. The summed E-state index contributed by atoms with van der Waals surface area (Å²) in [5.41, 5.74) is 3.56. The van der Waals surface area contributed by atoms with E-state index in [1.54, 1.807) is 0 Å². The zero-order chi connectivity index (χ0) is 23.0. The summed E-state index contributed by atoms with van der Waals surface area (Å²) in [5, 5.41) is 3.74. The first-order valence-corrected chi connectivity index (χ1v) is 11.3. The molecule has 0 aliphatic heterocycles. The van der Waals surface area contributed by atoms with E-state index in [0.29, 0.717) is 29.0 Å². The Balaban J connectivity index is 2.17. The minimum atomic E-state index is -0.367. The van der Waals surface area contributed by atoms with Gasteiger partial charge in [-0.05, 0) is 56.5 Å². The number of rotatable bonds is 10. The number of ether oxygens (including phenoxy) is 1. The van der Waals surface area contributed by atoms with E-state index >= 15 is 0 Å². The average molecular weight is 446 g/mol. The fourth-order valence-electron chi connectivity index (χ4n) is 4.17. The van der Waals surface area contributed by atoms with Crippen LogP contribution in [-0.4, -0.2) is 42.0 Å². The summed E-state index contributed by atoms with van der Waals surface area (Å²) in [4.78, 5) is 26.1. The Morgan fingerprint density at radius 1 is 1.03 bits per heavy atom. The van der Waals surface area contributed by atoms with Crippen LogP contribution in [0.1, 0.15) is 43.9 Å². The van der Waals surface area contributed by atoms with E-state index in [2.05, 4.69) is 5.32 Å². The number of halogens is 1. The monoisotopic (exact) mass is 445 g/mol. The molecule has 1 unspecified atom stereocenters. The number of hydrogen-bond acceptors (Lipinski definition) is 3. The first-order chi connectivity index (χ1) is 14.8. The first kappa shape index (κ1) is 24.9. The Hall–Kier alpha value is -2.37. The maximum atomic E-state index is 13.3. The van der Waals surface area contributed by atoms with Crippen LogP contribution in [0.5, 0.6) is 0 Å². The molecule has 2 aromatic carbocycles. The van der Waals surface area contributed by atoms with Crippen molar-refractivity contribution >= 4 is 29.2 Å². The third-order valence-electron chi connectivity index (χ3n) is 6.04. The maximum Gasteiger partial charge on any atom is 0.362 e. The summed E-state index contributed by atoms with van der Waals surface area (Å²) >= 11 is 6.13. The molecule has 6 heteroatoms. The Morgan fingerprint density at radius 3 is 2.13 bits per heavy atom. The number of amides is 1. The highest BCUT2D eigenvalue weighted by atomic mass is 35.5. The molecule has 0 aliphatic rings. The van der Waals surface area contributed by atoms with E-state index in [4.69, 9.17) is 16.3 Å². The van der Waals surface area contributed by atoms with Crippen LogP contribution in [0.3, 0.4) is 0 Å². The normalized spacial score (nSPS) is 12.3. The topological polar surface area (TPSA) is 55.4 Å². The molecule has 2 aromatic rings. The molecule has 1 atom stereocenters. The lowest BCUT2D eigenvalue weighted by Gasteiger charge is -2.41. The molecule has 0 radical (unpaired) electrons. The molecule has 0 saturated heterocycles. The number of carbonyl (C=O) groups excluding carboxylic acids is 2. The zero-order valence-electron chi connectivity index (χ0n) is 19.2. The van der Waals surface area contributed by atoms with Gasteiger partial charge in [0, 0.05) is 17.1 Å². The van der Waals surface area contributed by atoms with Crippen LogP contribution < -0.4 is 5.32 Å². The van der Waals surface area contributed by atoms with Crippen LogP contribution in [-0.2, 0) is 20.9 Å². The van der Waals surface area contributed by atoms with Gasteiger partial charge in [-0.25, -0.2) is 4.79 Å². The van der Waals surface area contributed by atoms with Gasteiger partial charge in [0.05, 0.1) is 13.1 Å². The zero-order valence-corrected chi connectivity index (χ0v) is 20.0. The molecule has 1 N–H and O–H groups in total. The quantitative estimate of drug-likeness (QED) is 0.400. The molecular formula is C25H34ClN2O3+. The van der Waals surface area contributed by atoms with Gasteiger partial charge in [-0.2, -0.15) is 0 Å². The average Bonchev–Trinajstić information content (AvgIpc) is 2.75. The van der Waals surface area contributed by atoms with Crippen molar-refractivity contribution in [2.45, 2.75) is 53.7 Å². The van der Waals surface area contributed by atoms with Gasteiger partial charge in [0.15, 0.2) is 12.6 Å².